The summed E-state index contributed by atoms with van der Waals surface area (Å²) >= 11 is 6.47. The van der Waals surface area contributed by atoms with Crippen molar-refractivity contribution in [3.05, 3.63) is 71.0 Å². The average molecular weight is 502 g/mol. The minimum absolute atomic E-state index is 0.0539. The van der Waals surface area contributed by atoms with Crippen LogP contribution < -0.4 is 10.1 Å². The topological polar surface area (TPSA) is 81.9 Å². The number of amides is 1. The Morgan fingerprint density at radius 1 is 1.17 bits per heavy atom. The molecule has 0 unspecified atom stereocenters. The highest BCUT2D eigenvalue weighted by Crippen LogP contribution is 2.55. The van der Waals surface area contributed by atoms with Gasteiger partial charge in [0.25, 0.3) is 5.91 Å². The van der Waals surface area contributed by atoms with Gasteiger partial charge in [-0.2, -0.15) is 10.1 Å². The lowest BCUT2D eigenvalue weighted by atomic mass is 9.54. The maximum Gasteiger partial charge on any atom is 0.316 e. The van der Waals surface area contributed by atoms with Gasteiger partial charge in [0.05, 0.1) is 41.1 Å². The van der Waals surface area contributed by atoms with E-state index in [1.165, 1.54) is 19.3 Å². The van der Waals surface area contributed by atoms with Crippen molar-refractivity contribution in [1.29, 1.82) is 0 Å². The largest absolute Gasteiger partial charge is 0.464 e. The van der Waals surface area contributed by atoms with E-state index in [1.54, 1.807) is 18.5 Å². The summed E-state index contributed by atoms with van der Waals surface area (Å²) < 4.78 is 7.28. The second-order valence-corrected chi connectivity index (χ2v) is 10.4. The van der Waals surface area contributed by atoms with Crippen molar-refractivity contribution in [1.82, 2.24) is 25.1 Å². The molecule has 1 amide bonds. The smallest absolute Gasteiger partial charge is 0.316 e. The fourth-order valence-corrected chi connectivity index (χ4v) is 5.76. The predicted molar refractivity (Wildman–Crippen MR) is 139 cm³/mol. The van der Waals surface area contributed by atoms with Gasteiger partial charge in [-0.05, 0) is 61.8 Å². The van der Waals surface area contributed by atoms with Crippen LogP contribution in [0.4, 0.5) is 0 Å². The van der Waals surface area contributed by atoms with E-state index in [9.17, 15) is 4.79 Å². The lowest BCUT2D eigenvalue weighted by Gasteiger charge is -2.54. The highest BCUT2D eigenvalue weighted by Gasteiger charge is 2.48. The van der Waals surface area contributed by atoms with Gasteiger partial charge in [-0.25, -0.2) is 4.98 Å². The maximum absolute atomic E-state index is 13.3. The Kier molecular flexibility index (Phi) is 5.88. The summed E-state index contributed by atoms with van der Waals surface area (Å²) in [6.07, 6.45) is 9.57. The molecule has 2 aliphatic carbocycles. The van der Waals surface area contributed by atoms with Crippen molar-refractivity contribution in [3.63, 3.8) is 0 Å². The summed E-state index contributed by atoms with van der Waals surface area (Å²) in [5.41, 5.74) is 4.72. The molecule has 4 aromatic rings. The third-order valence-electron chi connectivity index (χ3n) is 7.59. The summed E-state index contributed by atoms with van der Waals surface area (Å²) in [5, 5.41) is 9.20. The van der Waals surface area contributed by atoms with E-state index in [0.717, 1.165) is 40.6 Å². The fourth-order valence-electron chi connectivity index (χ4n) is 5.56. The number of nitrogens with zero attached hydrogens (tertiary/aromatic N) is 4. The molecule has 36 heavy (non-hydrogen) atoms. The van der Waals surface area contributed by atoms with Crippen LogP contribution in [0.3, 0.4) is 0 Å². The molecular formula is C28H28ClN5O2. The maximum atomic E-state index is 13.3. The molecule has 2 aromatic carbocycles. The normalized spacial score (nSPS) is 16.5. The van der Waals surface area contributed by atoms with E-state index >= 15 is 0 Å². The summed E-state index contributed by atoms with van der Waals surface area (Å²) in [7, 11) is 0. The van der Waals surface area contributed by atoms with Gasteiger partial charge in [0.15, 0.2) is 0 Å². The molecule has 0 aliphatic heterocycles. The number of aromatic nitrogens is 4. The van der Waals surface area contributed by atoms with Crippen molar-refractivity contribution in [3.8, 4) is 17.3 Å². The number of nitrogens with one attached hydrogen (secondary N) is 1. The first kappa shape index (κ1) is 23.0. The quantitative estimate of drug-likeness (QED) is 0.353. The minimum atomic E-state index is -0.0539. The molecule has 1 spiro atoms. The molecule has 2 saturated carbocycles. The third kappa shape index (κ3) is 4.22. The number of carbonyl (C=O) groups excluding carboxylic acids is 1. The van der Waals surface area contributed by atoms with Crippen LogP contribution in [0.5, 0.6) is 6.01 Å². The van der Waals surface area contributed by atoms with Crippen molar-refractivity contribution in [2.75, 3.05) is 6.61 Å². The lowest BCUT2D eigenvalue weighted by molar-refractivity contribution is -0.000604. The first-order valence-electron chi connectivity index (χ1n) is 12.5. The molecular weight excluding hydrogens is 474 g/mol. The number of halogens is 1. The molecule has 7 nitrogen and oxygen atoms in total. The van der Waals surface area contributed by atoms with E-state index in [-0.39, 0.29) is 11.9 Å². The zero-order valence-corrected chi connectivity index (χ0v) is 21.0. The molecule has 2 fully saturated rings. The number of hydrogen-bond acceptors (Lipinski definition) is 5. The van der Waals surface area contributed by atoms with Gasteiger partial charge in [-0.1, -0.05) is 42.3 Å². The van der Waals surface area contributed by atoms with Gasteiger partial charge >= 0.3 is 6.01 Å². The van der Waals surface area contributed by atoms with Gasteiger partial charge in [0, 0.05) is 23.2 Å². The van der Waals surface area contributed by atoms with Crippen LogP contribution in [0.1, 0.15) is 54.9 Å². The van der Waals surface area contributed by atoms with E-state index in [2.05, 4.69) is 20.4 Å². The zero-order valence-electron chi connectivity index (χ0n) is 20.2. The van der Waals surface area contributed by atoms with E-state index < -0.39 is 0 Å². The Balaban J connectivity index is 1.23. The van der Waals surface area contributed by atoms with Crippen LogP contribution in [0.2, 0.25) is 5.02 Å². The van der Waals surface area contributed by atoms with E-state index in [0.29, 0.717) is 35.2 Å². The molecule has 0 atom stereocenters. The summed E-state index contributed by atoms with van der Waals surface area (Å²) in [5.74, 6) is -0.0539. The summed E-state index contributed by atoms with van der Waals surface area (Å²) in [6, 6.07) is 14.2. The Labute approximate surface area is 214 Å². The highest BCUT2D eigenvalue weighted by molar-refractivity contribution is 6.36. The molecule has 8 heteroatoms. The molecule has 184 valence electrons. The molecule has 2 heterocycles. The standard InChI is InChI=1S/C28H28ClN5O2/c1-2-36-27-30-13-10-24(33-27)19-6-4-18(5-7-19)17-34-25-21(8-9-23(29)22(25)16-31-34)26(35)32-20-14-28(15-20)11-3-12-28/h4-10,13,16,20H,2-3,11-12,14-15,17H2,1H3,(H,32,35). The lowest BCUT2D eigenvalue weighted by Crippen LogP contribution is -2.53. The number of hydrogen-bond donors (Lipinski definition) is 1. The Bertz CT molecular complexity index is 1420. The van der Waals surface area contributed by atoms with Crippen LogP contribution in [-0.2, 0) is 6.54 Å². The SMILES string of the molecule is CCOc1nccc(-c2ccc(Cn3ncc4c(Cl)ccc(C(=O)NC5CC6(CCC6)C5)c43)cc2)n1. The van der Waals surface area contributed by atoms with Gasteiger partial charge < -0.3 is 10.1 Å². The molecule has 2 aliphatic rings. The highest BCUT2D eigenvalue weighted by atomic mass is 35.5. The molecule has 0 saturated heterocycles. The minimum Gasteiger partial charge on any atom is -0.464 e. The fraction of sp³-hybridized carbons (Fsp3) is 0.357. The van der Waals surface area contributed by atoms with Crippen LogP contribution >= 0.6 is 11.6 Å². The van der Waals surface area contributed by atoms with Crippen LogP contribution in [-0.4, -0.2) is 38.3 Å². The first-order valence-corrected chi connectivity index (χ1v) is 12.9. The number of carbonyl (C=O) groups is 1. The second kappa shape index (κ2) is 9.21. The van der Waals surface area contributed by atoms with E-state index in [4.69, 9.17) is 16.3 Å². The zero-order chi connectivity index (χ0) is 24.7. The average Bonchev–Trinajstić information content (AvgIpc) is 3.25. The second-order valence-electron chi connectivity index (χ2n) is 9.95. The van der Waals surface area contributed by atoms with Gasteiger partial charge in [-0.3, -0.25) is 9.48 Å². The van der Waals surface area contributed by atoms with Crippen LogP contribution in [0.15, 0.2) is 54.9 Å². The molecule has 1 N–H and O–H groups in total. The molecule has 6 rings (SSSR count). The predicted octanol–water partition coefficient (Wildman–Crippen LogP) is 5.66. The Hall–Kier alpha value is -3.45. The number of rotatable bonds is 7. The van der Waals surface area contributed by atoms with Gasteiger partial charge in [0.2, 0.25) is 0 Å². The van der Waals surface area contributed by atoms with Crippen molar-refractivity contribution in [2.24, 2.45) is 5.41 Å². The van der Waals surface area contributed by atoms with Crippen LogP contribution in [0, 0.1) is 5.41 Å². The number of ether oxygens (including phenoxy) is 1. The van der Waals surface area contributed by atoms with Crippen molar-refractivity contribution >= 4 is 28.4 Å². The first-order chi connectivity index (χ1) is 17.5. The number of fused-ring (bicyclic) bond motifs is 1. The van der Waals surface area contributed by atoms with E-state index in [1.807, 2.05) is 48.0 Å². The Morgan fingerprint density at radius 3 is 2.69 bits per heavy atom. The Morgan fingerprint density at radius 2 is 1.97 bits per heavy atom. The molecule has 2 aromatic heterocycles. The van der Waals surface area contributed by atoms with Crippen LogP contribution in [0.25, 0.3) is 22.2 Å². The van der Waals surface area contributed by atoms with Gasteiger partial charge in [0.1, 0.15) is 0 Å². The van der Waals surface area contributed by atoms with Gasteiger partial charge in [-0.15, -0.1) is 0 Å². The number of benzene rings is 2. The molecule has 0 radical (unpaired) electrons. The van der Waals surface area contributed by atoms with Crippen molar-refractivity contribution < 1.29 is 9.53 Å². The van der Waals surface area contributed by atoms with Crippen molar-refractivity contribution in [2.45, 2.75) is 51.6 Å². The molecule has 0 bridgehead atoms. The summed E-state index contributed by atoms with van der Waals surface area (Å²) in [4.78, 5) is 21.8. The third-order valence-corrected chi connectivity index (χ3v) is 7.92. The monoisotopic (exact) mass is 501 g/mol. The summed E-state index contributed by atoms with van der Waals surface area (Å²) in [6.45, 7) is 2.94.